The average Bonchev–Trinajstić information content (AvgIpc) is 3.01. The summed E-state index contributed by atoms with van der Waals surface area (Å²) in [6.45, 7) is -0.221. The molecular formula is C16H14N2O4S. The Kier molecular flexibility index (Phi) is 6.15. The van der Waals surface area contributed by atoms with Crippen molar-refractivity contribution < 1.29 is 19.1 Å². The van der Waals surface area contributed by atoms with Crippen LogP contribution < -0.4 is 10.1 Å². The van der Waals surface area contributed by atoms with E-state index in [1.807, 2.05) is 24.3 Å². The van der Waals surface area contributed by atoms with E-state index in [0.29, 0.717) is 16.3 Å². The highest BCUT2D eigenvalue weighted by atomic mass is 32.1. The average molecular weight is 330 g/mol. The molecule has 6 nitrogen and oxygen atoms in total. The van der Waals surface area contributed by atoms with Crippen LogP contribution in [0.2, 0.25) is 0 Å². The van der Waals surface area contributed by atoms with Gasteiger partial charge in [0, 0.05) is 0 Å². The van der Waals surface area contributed by atoms with Gasteiger partial charge in [-0.05, 0) is 23.6 Å². The van der Waals surface area contributed by atoms with Crippen LogP contribution >= 0.6 is 11.3 Å². The first-order valence-electron chi connectivity index (χ1n) is 6.80. The fourth-order valence-corrected chi connectivity index (χ4v) is 2.40. The summed E-state index contributed by atoms with van der Waals surface area (Å²) in [7, 11) is 0. The highest BCUT2D eigenvalue weighted by molar-refractivity contribution is 7.14. The second-order valence-electron chi connectivity index (χ2n) is 4.40. The lowest BCUT2D eigenvalue weighted by Gasteiger charge is -2.07. The lowest BCUT2D eigenvalue weighted by molar-refractivity contribution is -0.147. The van der Waals surface area contributed by atoms with Crippen molar-refractivity contribution in [3.63, 3.8) is 0 Å². The molecule has 2 rings (SSSR count). The van der Waals surface area contributed by atoms with E-state index in [2.05, 4.69) is 5.32 Å². The molecule has 23 heavy (non-hydrogen) atoms. The zero-order valence-electron chi connectivity index (χ0n) is 12.2. The number of carbonyl (C=O) groups excluding carboxylic acids is 2. The zero-order valence-corrected chi connectivity index (χ0v) is 13.0. The van der Waals surface area contributed by atoms with Crippen LogP contribution in [0.25, 0.3) is 0 Å². The van der Waals surface area contributed by atoms with Crippen LogP contribution in [0.1, 0.15) is 12.0 Å². The minimum absolute atomic E-state index is 0.0463. The number of esters is 1. The molecule has 0 spiro atoms. The van der Waals surface area contributed by atoms with Crippen molar-refractivity contribution in [2.24, 2.45) is 0 Å². The zero-order chi connectivity index (χ0) is 16.5. The molecule has 7 heteroatoms. The summed E-state index contributed by atoms with van der Waals surface area (Å²) in [4.78, 5) is 23.2. The van der Waals surface area contributed by atoms with E-state index in [9.17, 15) is 9.59 Å². The Morgan fingerprint density at radius 1 is 1.22 bits per heavy atom. The van der Waals surface area contributed by atoms with Gasteiger partial charge in [-0.25, -0.2) is 0 Å². The van der Waals surface area contributed by atoms with E-state index in [1.54, 1.807) is 23.6 Å². The smallest absolute Gasteiger partial charge is 0.309 e. The molecule has 0 radical (unpaired) electrons. The van der Waals surface area contributed by atoms with E-state index in [-0.39, 0.29) is 13.0 Å². The molecule has 0 fully saturated rings. The van der Waals surface area contributed by atoms with Gasteiger partial charge in [0.1, 0.15) is 16.8 Å². The van der Waals surface area contributed by atoms with Gasteiger partial charge in [0.2, 0.25) is 0 Å². The first kappa shape index (κ1) is 16.5. The molecule has 0 saturated carbocycles. The van der Waals surface area contributed by atoms with Gasteiger partial charge in [0.05, 0.1) is 18.6 Å². The monoisotopic (exact) mass is 330 g/mol. The molecule has 1 heterocycles. The maximum atomic E-state index is 11.7. The van der Waals surface area contributed by atoms with Gasteiger partial charge in [-0.1, -0.05) is 18.2 Å². The number of carbonyl (C=O) groups is 2. The summed E-state index contributed by atoms with van der Waals surface area (Å²) in [6.07, 6.45) is 0.0463. The topological polar surface area (TPSA) is 88.4 Å². The summed E-state index contributed by atoms with van der Waals surface area (Å²) in [5, 5.41) is 13.5. The van der Waals surface area contributed by atoms with Gasteiger partial charge in [-0.15, -0.1) is 11.3 Å². The lowest BCUT2D eigenvalue weighted by Crippen LogP contribution is -2.21. The van der Waals surface area contributed by atoms with Crippen molar-refractivity contribution in [3.8, 4) is 11.8 Å². The molecule has 1 amide bonds. The summed E-state index contributed by atoms with van der Waals surface area (Å²) in [6, 6.07) is 12.7. The Labute approximate surface area is 137 Å². The molecule has 0 aliphatic heterocycles. The predicted molar refractivity (Wildman–Crippen MR) is 85.2 cm³/mol. The molecular weight excluding hydrogens is 316 g/mol. The van der Waals surface area contributed by atoms with Gasteiger partial charge in [0.15, 0.2) is 6.61 Å². The van der Waals surface area contributed by atoms with Gasteiger partial charge in [-0.3, -0.25) is 9.59 Å². The number of amides is 1. The predicted octanol–water partition coefficient (Wildman–Crippen LogP) is 2.57. The molecule has 0 aliphatic rings. The number of hydrogen-bond acceptors (Lipinski definition) is 6. The van der Waals surface area contributed by atoms with E-state index in [0.717, 1.165) is 0 Å². The molecule has 0 saturated heterocycles. The highest BCUT2D eigenvalue weighted by Crippen LogP contribution is 2.21. The second-order valence-corrected chi connectivity index (χ2v) is 5.31. The van der Waals surface area contributed by atoms with Crippen molar-refractivity contribution in [2.75, 3.05) is 18.5 Å². The normalized spacial score (nSPS) is 9.70. The minimum atomic E-state index is -0.525. The number of para-hydroxylation sites is 1. The summed E-state index contributed by atoms with van der Waals surface area (Å²) < 4.78 is 10.2. The largest absolute Gasteiger partial charge is 0.493 e. The Bertz CT molecular complexity index is 706. The number of rotatable bonds is 7. The Hall–Kier alpha value is -2.85. The van der Waals surface area contributed by atoms with Crippen LogP contribution in [-0.4, -0.2) is 25.1 Å². The van der Waals surface area contributed by atoms with Gasteiger partial charge < -0.3 is 14.8 Å². The molecule has 1 N–H and O–H groups in total. The lowest BCUT2D eigenvalue weighted by atomic mass is 10.3. The standard InChI is InChI=1S/C16H14N2O4S/c17-10-12-7-9-23-16(12)18-14(19)11-22-15(20)6-8-21-13-4-2-1-3-5-13/h1-5,7,9H,6,8,11H2,(H,18,19). The minimum Gasteiger partial charge on any atom is -0.493 e. The van der Waals surface area contributed by atoms with Gasteiger partial charge >= 0.3 is 5.97 Å². The number of anilines is 1. The fourth-order valence-electron chi connectivity index (χ4n) is 1.64. The van der Waals surface area contributed by atoms with E-state index >= 15 is 0 Å². The number of hydrogen-bond donors (Lipinski definition) is 1. The van der Waals surface area contributed by atoms with Crippen LogP contribution in [0, 0.1) is 11.3 Å². The third-order valence-electron chi connectivity index (χ3n) is 2.72. The summed E-state index contributed by atoms with van der Waals surface area (Å²) >= 11 is 1.23. The summed E-state index contributed by atoms with van der Waals surface area (Å²) in [5.74, 6) is -0.344. The molecule has 0 bridgehead atoms. The van der Waals surface area contributed by atoms with Crippen molar-refractivity contribution in [3.05, 3.63) is 47.3 Å². The fraction of sp³-hybridized carbons (Fsp3) is 0.188. The molecule has 0 unspecified atom stereocenters. The Balaban J connectivity index is 1.66. The third kappa shape index (κ3) is 5.45. The van der Waals surface area contributed by atoms with Crippen molar-refractivity contribution in [1.29, 1.82) is 5.26 Å². The third-order valence-corrected chi connectivity index (χ3v) is 3.55. The second kappa shape index (κ2) is 8.56. The Morgan fingerprint density at radius 3 is 2.74 bits per heavy atom. The SMILES string of the molecule is N#Cc1ccsc1NC(=O)COC(=O)CCOc1ccccc1. The number of nitrogens with one attached hydrogen (secondary N) is 1. The van der Waals surface area contributed by atoms with Crippen molar-refractivity contribution in [1.82, 2.24) is 0 Å². The maximum Gasteiger partial charge on any atom is 0.309 e. The quantitative estimate of drug-likeness (QED) is 0.788. The maximum absolute atomic E-state index is 11.7. The number of thiophene rings is 1. The molecule has 2 aromatic rings. The van der Waals surface area contributed by atoms with E-state index in [1.165, 1.54) is 11.3 Å². The van der Waals surface area contributed by atoms with Gasteiger partial charge in [-0.2, -0.15) is 5.26 Å². The first-order chi connectivity index (χ1) is 11.2. The molecule has 0 aliphatic carbocycles. The highest BCUT2D eigenvalue weighted by Gasteiger charge is 2.11. The van der Waals surface area contributed by atoms with Crippen molar-refractivity contribution >= 4 is 28.2 Å². The van der Waals surface area contributed by atoms with Crippen molar-refractivity contribution in [2.45, 2.75) is 6.42 Å². The first-order valence-corrected chi connectivity index (χ1v) is 7.68. The Morgan fingerprint density at radius 2 is 2.00 bits per heavy atom. The summed E-state index contributed by atoms with van der Waals surface area (Å²) in [5.41, 5.74) is 0.380. The molecule has 118 valence electrons. The van der Waals surface area contributed by atoms with Crippen LogP contribution in [0.3, 0.4) is 0 Å². The molecule has 1 aromatic heterocycles. The van der Waals surface area contributed by atoms with E-state index < -0.39 is 18.5 Å². The van der Waals surface area contributed by atoms with Crippen LogP contribution in [0.15, 0.2) is 41.8 Å². The number of benzene rings is 1. The van der Waals surface area contributed by atoms with Crippen LogP contribution in [0.5, 0.6) is 5.75 Å². The van der Waals surface area contributed by atoms with Gasteiger partial charge in [0.25, 0.3) is 5.91 Å². The molecule has 0 atom stereocenters. The number of nitrogens with zero attached hydrogens (tertiary/aromatic N) is 1. The van der Waals surface area contributed by atoms with Crippen LogP contribution in [-0.2, 0) is 14.3 Å². The number of nitriles is 1. The van der Waals surface area contributed by atoms with E-state index in [4.69, 9.17) is 14.7 Å². The number of ether oxygens (including phenoxy) is 2. The molecule has 1 aromatic carbocycles. The van der Waals surface area contributed by atoms with Crippen LogP contribution in [0.4, 0.5) is 5.00 Å².